The van der Waals surface area contributed by atoms with Gasteiger partial charge in [0.1, 0.15) is 5.75 Å². The molecular weight excluding hydrogens is 244 g/mol. The molecule has 0 saturated heterocycles. The van der Waals surface area contributed by atoms with Crippen molar-refractivity contribution in [2.45, 2.75) is 26.7 Å². The minimum Gasteiger partial charge on any atom is -0.507 e. The van der Waals surface area contributed by atoms with Gasteiger partial charge in [0.15, 0.2) is 0 Å². The molecule has 0 aliphatic rings. The van der Waals surface area contributed by atoms with E-state index in [-0.39, 0.29) is 23.8 Å². The highest BCUT2D eigenvalue weighted by Gasteiger charge is 2.08. The molecule has 0 unspecified atom stereocenters. The lowest BCUT2D eigenvalue weighted by Gasteiger charge is -2.08. The van der Waals surface area contributed by atoms with E-state index in [1.54, 1.807) is 6.07 Å². The number of rotatable bonds is 6. The summed E-state index contributed by atoms with van der Waals surface area (Å²) >= 11 is 0. The van der Waals surface area contributed by atoms with Gasteiger partial charge in [-0.2, -0.15) is 0 Å². The van der Waals surface area contributed by atoms with Gasteiger partial charge in [-0.25, -0.2) is 4.79 Å². The largest absolute Gasteiger partial charge is 0.507 e. The summed E-state index contributed by atoms with van der Waals surface area (Å²) in [6.07, 6.45) is 3.68. The van der Waals surface area contributed by atoms with Crippen molar-refractivity contribution >= 4 is 11.5 Å². The van der Waals surface area contributed by atoms with E-state index in [2.05, 4.69) is 0 Å². The third kappa shape index (κ3) is 4.41. The first-order valence-electron chi connectivity index (χ1n) is 6.30. The highest BCUT2D eigenvalue weighted by Crippen LogP contribution is 2.26. The molecule has 0 aliphatic carbocycles. The number of carbonyl (C=O) groups is 1. The van der Waals surface area contributed by atoms with E-state index in [0.29, 0.717) is 5.56 Å². The van der Waals surface area contributed by atoms with Crippen LogP contribution in [0.2, 0.25) is 0 Å². The number of carboxylic acid groups (broad SMARTS) is 1. The minimum absolute atomic E-state index is 0.0242. The van der Waals surface area contributed by atoms with Gasteiger partial charge in [0.05, 0.1) is 5.56 Å². The lowest BCUT2D eigenvalue weighted by molar-refractivity contribution is 0.0696. The van der Waals surface area contributed by atoms with Crippen molar-refractivity contribution < 1.29 is 20.1 Å². The molecule has 0 bridgehead atoms. The molecule has 0 radical (unpaired) electrons. The molecule has 104 valence electrons. The summed E-state index contributed by atoms with van der Waals surface area (Å²) < 4.78 is 0. The Morgan fingerprint density at radius 1 is 1.42 bits per heavy atom. The van der Waals surface area contributed by atoms with Crippen LogP contribution in [0.4, 0.5) is 0 Å². The maximum atomic E-state index is 10.8. The van der Waals surface area contributed by atoms with Crippen LogP contribution in [-0.2, 0) is 0 Å². The highest BCUT2D eigenvalue weighted by atomic mass is 16.4. The third-order valence-electron chi connectivity index (χ3n) is 3.09. The van der Waals surface area contributed by atoms with Crippen molar-refractivity contribution in [3.8, 4) is 5.75 Å². The van der Waals surface area contributed by atoms with E-state index in [4.69, 9.17) is 10.2 Å². The average molecular weight is 264 g/mol. The standard InChI is InChI=1S/C15H20O4/c1-10(9-16)4-3-5-11(2)13-7-6-12(15(18)19)8-14(13)17/h5-8,10,16-17H,3-4,9H2,1-2H3,(H,18,19)/b11-5+/t10-/m0/s1. The predicted molar refractivity (Wildman–Crippen MR) is 74.2 cm³/mol. The lowest BCUT2D eigenvalue weighted by atomic mass is 10.0. The van der Waals surface area contributed by atoms with Gasteiger partial charge in [-0.15, -0.1) is 0 Å². The fourth-order valence-corrected chi connectivity index (χ4v) is 1.78. The van der Waals surface area contributed by atoms with Crippen LogP contribution in [-0.4, -0.2) is 27.9 Å². The Hall–Kier alpha value is -1.81. The van der Waals surface area contributed by atoms with Gasteiger partial charge in [0, 0.05) is 12.2 Å². The van der Waals surface area contributed by atoms with Crippen LogP contribution < -0.4 is 0 Å². The molecule has 4 heteroatoms. The Kier molecular flexibility index (Phi) is 5.57. The third-order valence-corrected chi connectivity index (χ3v) is 3.09. The van der Waals surface area contributed by atoms with E-state index in [1.807, 2.05) is 19.9 Å². The molecule has 1 aromatic carbocycles. The van der Waals surface area contributed by atoms with E-state index in [0.717, 1.165) is 18.4 Å². The number of aliphatic hydroxyl groups excluding tert-OH is 1. The number of hydrogen-bond acceptors (Lipinski definition) is 3. The van der Waals surface area contributed by atoms with Crippen LogP contribution >= 0.6 is 0 Å². The number of aromatic hydroxyl groups is 1. The number of aromatic carboxylic acids is 1. The molecule has 0 aliphatic heterocycles. The molecule has 1 atom stereocenters. The number of hydrogen-bond donors (Lipinski definition) is 3. The number of phenols is 1. The smallest absolute Gasteiger partial charge is 0.335 e. The van der Waals surface area contributed by atoms with Crippen LogP contribution in [0.25, 0.3) is 5.57 Å². The Morgan fingerprint density at radius 3 is 2.63 bits per heavy atom. The van der Waals surface area contributed by atoms with Crippen LogP contribution in [0.15, 0.2) is 24.3 Å². The number of allylic oxidation sites excluding steroid dienone is 2. The molecule has 0 spiro atoms. The van der Waals surface area contributed by atoms with Gasteiger partial charge in [-0.3, -0.25) is 0 Å². The zero-order chi connectivity index (χ0) is 14.4. The molecular formula is C15H20O4. The first-order valence-corrected chi connectivity index (χ1v) is 6.30. The first-order chi connectivity index (χ1) is 8.95. The SMILES string of the molecule is C/C(=C\CC[C@H](C)CO)c1ccc(C(=O)O)cc1O. The van der Waals surface area contributed by atoms with Gasteiger partial charge < -0.3 is 15.3 Å². The van der Waals surface area contributed by atoms with E-state index in [9.17, 15) is 9.90 Å². The quantitative estimate of drug-likeness (QED) is 0.738. The van der Waals surface area contributed by atoms with Crippen LogP contribution in [0.3, 0.4) is 0 Å². The first kappa shape index (κ1) is 15.2. The van der Waals surface area contributed by atoms with Gasteiger partial charge in [0.25, 0.3) is 0 Å². The molecule has 19 heavy (non-hydrogen) atoms. The minimum atomic E-state index is -1.06. The van der Waals surface area contributed by atoms with Gasteiger partial charge in [0.2, 0.25) is 0 Å². The second-order valence-electron chi connectivity index (χ2n) is 4.79. The van der Waals surface area contributed by atoms with E-state index in [1.165, 1.54) is 12.1 Å². The molecule has 1 rings (SSSR count). The lowest BCUT2D eigenvalue weighted by Crippen LogP contribution is -1.99. The Labute approximate surface area is 113 Å². The zero-order valence-corrected chi connectivity index (χ0v) is 11.3. The van der Waals surface area contributed by atoms with E-state index >= 15 is 0 Å². The van der Waals surface area contributed by atoms with Gasteiger partial charge >= 0.3 is 5.97 Å². The van der Waals surface area contributed by atoms with Crippen molar-refractivity contribution in [2.24, 2.45) is 5.92 Å². The number of aliphatic hydroxyl groups is 1. The average Bonchev–Trinajstić information content (AvgIpc) is 2.37. The summed E-state index contributed by atoms with van der Waals surface area (Å²) in [6, 6.07) is 4.34. The van der Waals surface area contributed by atoms with Crippen LogP contribution in [0.1, 0.15) is 42.6 Å². The van der Waals surface area contributed by atoms with Crippen molar-refractivity contribution in [3.63, 3.8) is 0 Å². The van der Waals surface area contributed by atoms with Gasteiger partial charge in [-0.1, -0.05) is 19.1 Å². The van der Waals surface area contributed by atoms with Gasteiger partial charge in [-0.05, 0) is 43.4 Å². The maximum absolute atomic E-state index is 10.8. The van der Waals surface area contributed by atoms with Crippen molar-refractivity contribution in [2.75, 3.05) is 6.61 Å². The maximum Gasteiger partial charge on any atom is 0.335 e. The van der Waals surface area contributed by atoms with Crippen molar-refractivity contribution in [1.82, 2.24) is 0 Å². The van der Waals surface area contributed by atoms with E-state index < -0.39 is 5.97 Å². The summed E-state index contributed by atoms with van der Waals surface area (Å²) in [5.41, 5.74) is 1.61. The Bertz CT molecular complexity index is 477. The Morgan fingerprint density at radius 2 is 2.11 bits per heavy atom. The molecule has 1 aromatic rings. The topological polar surface area (TPSA) is 77.8 Å². The second-order valence-corrected chi connectivity index (χ2v) is 4.79. The van der Waals surface area contributed by atoms with Crippen molar-refractivity contribution in [1.29, 1.82) is 0 Å². The second kappa shape index (κ2) is 6.95. The number of carboxylic acids is 1. The molecule has 0 aromatic heterocycles. The summed E-state index contributed by atoms with van der Waals surface area (Å²) in [6.45, 7) is 4.02. The molecule has 0 heterocycles. The Balaban J connectivity index is 2.79. The van der Waals surface area contributed by atoms with Crippen molar-refractivity contribution in [3.05, 3.63) is 35.4 Å². The molecule has 3 N–H and O–H groups in total. The summed E-state index contributed by atoms with van der Waals surface area (Å²) in [7, 11) is 0. The fourth-order valence-electron chi connectivity index (χ4n) is 1.78. The highest BCUT2D eigenvalue weighted by molar-refractivity contribution is 5.89. The zero-order valence-electron chi connectivity index (χ0n) is 11.3. The van der Waals surface area contributed by atoms with Crippen LogP contribution in [0.5, 0.6) is 5.75 Å². The molecule has 0 amide bonds. The predicted octanol–water partition coefficient (Wildman–Crippen LogP) is 2.90. The molecule has 0 saturated carbocycles. The summed E-state index contributed by atoms with van der Waals surface area (Å²) in [4.78, 5) is 10.8. The fraction of sp³-hybridized carbons (Fsp3) is 0.400. The molecule has 0 fully saturated rings. The monoisotopic (exact) mass is 264 g/mol. The molecule has 4 nitrogen and oxygen atoms in total. The summed E-state index contributed by atoms with van der Waals surface area (Å²) in [5.74, 6) is -0.823. The summed E-state index contributed by atoms with van der Waals surface area (Å²) in [5, 5.41) is 27.6. The van der Waals surface area contributed by atoms with Crippen LogP contribution in [0, 0.1) is 5.92 Å². The number of phenolic OH excluding ortho intramolecular Hbond substituents is 1. The number of benzene rings is 1. The normalized spacial score (nSPS) is 13.3.